The molecule has 0 amide bonds. The van der Waals surface area contributed by atoms with E-state index >= 15 is 0 Å². The Morgan fingerprint density at radius 2 is 1.80 bits per heavy atom. The molecule has 0 aliphatic heterocycles. The summed E-state index contributed by atoms with van der Waals surface area (Å²) in [5, 5.41) is 0.622. The molecule has 0 radical (unpaired) electrons. The van der Waals surface area contributed by atoms with Gasteiger partial charge < -0.3 is 10.5 Å². The molecule has 0 aliphatic carbocycles. The van der Waals surface area contributed by atoms with E-state index in [4.69, 9.17) is 34.3 Å². The van der Waals surface area contributed by atoms with Crippen LogP contribution in [0, 0.1) is 19.7 Å². The van der Waals surface area contributed by atoms with Gasteiger partial charge in [0.1, 0.15) is 10.7 Å². The maximum absolute atomic E-state index is 14.0. The summed E-state index contributed by atoms with van der Waals surface area (Å²) in [4.78, 5) is 0.148. The van der Waals surface area contributed by atoms with Crippen LogP contribution in [-0.2, 0) is 0 Å². The van der Waals surface area contributed by atoms with E-state index in [0.29, 0.717) is 16.3 Å². The van der Waals surface area contributed by atoms with E-state index in [-0.39, 0.29) is 10.7 Å². The summed E-state index contributed by atoms with van der Waals surface area (Å²) < 4.78 is 19.6. The van der Waals surface area contributed by atoms with Gasteiger partial charge in [0.05, 0.1) is 0 Å². The van der Waals surface area contributed by atoms with Gasteiger partial charge in [0.25, 0.3) is 0 Å². The molecule has 0 atom stereocenters. The average molecular weight is 310 g/mol. The highest BCUT2D eigenvalue weighted by atomic mass is 35.5. The fourth-order valence-electron chi connectivity index (χ4n) is 1.91. The summed E-state index contributed by atoms with van der Waals surface area (Å²) in [6.07, 6.45) is 0. The van der Waals surface area contributed by atoms with Crippen LogP contribution in [0.1, 0.15) is 16.7 Å². The van der Waals surface area contributed by atoms with Crippen molar-refractivity contribution in [2.24, 2.45) is 5.73 Å². The minimum atomic E-state index is -0.510. The van der Waals surface area contributed by atoms with Crippen molar-refractivity contribution >= 4 is 28.8 Å². The second-order valence-corrected chi connectivity index (χ2v) is 5.36. The van der Waals surface area contributed by atoms with Gasteiger partial charge >= 0.3 is 0 Å². The van der Waals surface area contributed by atoms with E-state index in [1.807, 2.05) is 13.8 Å². The van der Waals surface area contributed by atoms with Crippen LogP contribution in [0.2, 0.25) is 5.02 Å². The summed E-state index contributed by atoms with van der Waals surface area (Å²) in [6.45, 7) is 3.71. The lowest BCUT2D eigenvalue weighted by molar-refractivity contribution is 0.437. The minimum Gasteiger partial charge on any atom is -0.454 e. The molecule has 0 unspecified atom stereocenters. The first-order valence-electron chi connectivity index (χ1n) is 5.92. The molecule has 2 N–H and O–H groups in total. The first-order valence-corrected chi connectivity index (χ1v) is 6.71. The number of halogens is 2. The Morgan fingerprint density at radius 1 is 1.20 bits per heavy atom. The van der Waals surface area contributed by atoms with Crippen molar-refractivity contribution < 1.29 is 9.13 Å². The molecule has 0 heterocycles. The summed E-state index contributed by atoms with van der Waals surface area (Å²) >= 11 is 10.8. The quantitative estimate of drug-likeness (QED) is 0.846. The molecule has 2 aromatic carbocycles. The number of thiocarbonyl (C=S) groups is 1. The normalized spacial score (nSPS) is 10.4. The molecule has 0 saturated heterocycles. The highest BCUT2D eigenvalue weighted by molar-refractivity contribution is 7.80. The molecular formula is C15H13ClFNOS. The van der Waals surface area contributed by atoms with Gasteiger partial charge in [-0.3, -0.25) is 0 Å². The third-order valence-corrected chi connectivity index (χ3v) is 3.31. The van der Waals surface area contributed by atoms with Gasteiger partial charge in [-0.05, 0) is 55.3 Å². The Balaban J connectivity index is 2.38. The Labute approximate surface area is 127 Å². The molecule has 2 nitrogen and oxygen atoms in total. The topological polar surface area (TPSA) is 35.2 Å². The number of nitrogens with two attached hydrogens (primary N) is 1. The van der Waals surface area contributed by atoms with Crippen LogP contribution in [0.25, 0.3) is 0 Å². The SMILES string of the molecule is Cc1cc(Cl)cc(C)c1Oc1ccc(C(N)=S)cc1F. The highest BCUT2D eigenvalue weighted by Crippen LogP contribution is 2.32. The Hall–Kier alpha value is -1.65. The van der Waals surface area contributed by atoms with Crippen molar-refractivity contribution in [1.29, 1.82) is 0 Å². The van der Waals surface area contributed by atoms with E-state index in [0.717, 1.165) is 11.1 Å². The van der Waals surface area contributed by atoms with Gasteiger partial charge in [-0.25, -0.2) is 4.39 Å². The summed E-state index contributed by atoms with van der Waals surface area (Å²) in [6, 6.07) is 7.94. The number of hydrogen-bond acceptors (Lipinski definition) is 2. The van der Waals surface area contributed by atoms with E-state index in [2.05, 4.69) is 0 Å². The molecule has 104 valence electrons. The number of hydrogen-bond donors (Lipinski definition) is 1. The van der Waals surface area contributed by atoms with Crippen LogP contribution in [0.15, 0.2) is 30.3 Å². The van der Waals surface area contributed by atoms with Gasteiger partial charge in [0.2, 0.25) is 0 Å². The van der Waals surface area contributed by atoms with Crippen molar-refractivity contribution in [2.45, 2.75) is 13.8 Å². The van der Waals surface area contributed by atoms with Gasteiger partial charge in [-0.15, -0.1) is 0 Å². The summed E-state index contributed by atoms with van der Waals surface area (Å²) in [5.74, 6) is 0.207. The van der Waals surface area contributed by atoms with Crippen molar-refractivity contribution in [2.75, 3.05) is 0 Å². The first-order chi connectivity index (χ1) is 9.38. The molecule has 20 heavy (non-hydrogen) atoms. The fourth-order valence-corrected chi connectivity index (χ4v) is 2.36. The third kappa shape index (κ3) is 3.08. The van der Waals surface area contributed by atoms with Gasteiger partial charge in [0, 0.05) is 10.6 Å². The van der Waals surface area contributed by atoms with Crippen LogP contribution in [-0.4, -0.2) is 4.99 Å². The lowest BCUT2D eigenvalue weighted by atomic mass is 10.1. The zero-order valence-electron chi connectivity index (χ0n) is 11.0. The molecule has 0 spiro atoms. The molecule has 2 rings (SSSR count). The summed E-state index contributed by atoms with van der Waals surface area (Å²) in [5.41, 5.74) is 7.61. The number of benzene rings is 2. The Morgan fingerprint density at radius 3 is 2.30 bits per heavy atom. The molecule has 0 aromatic heterocycles. The maximum Gasteiger partial charge on any atom is 0.166 e. The largest absolute Gasteiger partial charge is 0.454 e. The predicted molar refractivity (Wildman–Crippen MR) is 83.3 cm³/mol. The molecule has 5 heteroatoms. The van der Waals surface area contributed by atoms with Crippen molar-refractivity contribution in [1.82, 2.24) is 0 Å². The number of aryl methyl sites for hydroxylation is 2. The van der Waals surface area contributed by atoms with Crippen molar-refractivity contribution in [3.63, 3.8) is 0 Å². The number of rotatable bonds is 3. The van der Waals surface area contributed by atoms with Crippen LogP contribution in [0.3, 0.4) is 0 Å². The van der Waals surface area contributed by atoms with Crippen molar-refractivity contribution in [3.8, 4) is 11.5 Å². The second kappa shape index (κ2) is 5.77. The van der Waals surface area contributed by atoms with Gasteiger partial charge in [0.15, 0.2) is 11.6 Å². The predicted octanol–water partition coefficient (Wildman–Crippen LogP) is 4.52. The first kappa shape index (κ1) is 14.8. The number of ether oxygens (including phenoxy) is 1. The minimum absolute atomic E-state index is 0.124. The van der Waals surface area contributed by atoms with E-state index in [1.165, 1.54) is 12.1 Å². The van der Waals surface area contributed by atoms with E-state index in [9.17, 15) is 4.39 Å². The van der Waals surface area contributed by atoms with Gasteiger partial charge in [-0.1, -0.05) is 23.8 Å². The average Bonchev–Trinajstić information content (AvgIpc) is 2.34. The van der Waals surface area contributed by atoms with Crippen LogP contribution in [0.4, 0.5) is 4.39 Å². The third-order valence-electron chi connectivity index (χ3n) is 2.85. The maximum atomic E-state index is 14.0. The fraction of sp³-hybridized carbons (Fsp3) is 0.133. The monoisotopic (exact) mass is 309 g/mol. The van der Waals surface area contributed by atoms with Gasteiger partial charge in [-0.2, -0.15) is 0 Å². The molecule has 0 saturated carbocycles. The van der Waals surface area contributed by atoms with Crippen molar-refractivity contribution in [3.05, 3.63) is 57.9 Å². The summed E-state index contributed by atoms with van der Waals surface area (Å²) in [7, 11) is 0. The lowest BCUT2D eigenvalue weighted by Gasteiger charge is -2.13. The highest BCUT2D eigenvalue weighted by Gasteiger charge is 2.11. The van der Waals surface area contributed by atoms with Crippen LogP contribution < -0.4 is 10.5 Å². The van der Waals surface area contributed by atoms with Crippen LogP contribution in [0.5, 0.6) is 11.5 Å². The molecule has 0 aliphatic rings. The molecule has 0 fully saturated rings. The molecule has 0 bridgehead atoms. The smallest absolute Gasteiger partial charge is 0.166 e. The molecule has 2 aromatic rings. The standard InChI is InChI=1S/C15H13ClFNOS/c1-8-5-11(16)6-9(2)14(8)19-13-4-3-10(15(18)20)7-12(13)17/h3-7H,1-2H3,(H2,18,20). The second-order valence-electron chi connectivity index (χ2n) is 4.48. The zero-order chi connectivity index (χ0) is 14.9. The molecular weight excluding hydrogens is 297 g/mol. The van der Waals surface area contributed by atoms with E-state index in [1.54, 1.807) is 18.2 Å². The zero-order valence-corrected chi connectivity index (χ0v) is 12.6. The van der Waals surface area contributed by atoms with E-state index < -0.39 is 5.82 Å². The Kier molecular flexibility index (Phi) is 4.26. The Bertz CT molecular complexity index is 665. The van der Waals surface area contributed by atoms with Crippen LogP contribution >= 0.6 is 23.8 Å². The lowest BCUT2D eigenvalue weighted by Crippen LogP contribution is -2.09.